The van der Waals surface area contributed by atoms with E-state index >= 15 is 0 Å². The van der Waals surface area contributed by atoms with Gasteiger partial charge >= 0.3 is 0 Å². The lowest BCUT2D eigenvalue weighted by Gasteiger charge is -2.34. The maximum absolute atomic E-state index is 5.80. The molecule has 1 atom stereocenters. The van der Waals surface area contributed by atoms with Crippen molar-refractivity contribution in [1.29, 1.82) is 0 Å². The highest BCUT2D eigenvalue weighted by molar-refractivity contribution is 5.44. The van der Waals surface area contributed by atoms with Gasteiger partial charge in [0, 0.05) is 12.0 Å². The van der Waals surface area contributed by atoms with Crippen LogP contribution in [0, 0.1) is 5.92 Å². The first-order valence-corrected chi connectivity index (χ1v) is 7.83. The van der Waals surface area contributed by atoms with Crippen LogP contribution in [-0.4, -0.2) is 25.3 Å². The lowest BCUT2D eigenvalue weighted by Crippen LogP contribution is -2.46. The summed E-state index contributed by atoms with van der Waals surface area (Å²) in [6.07, 6.45) is 4.57. The van der Waals surface area contributed by atoms with Crippen molar-refractivity contribution in [3.63, 3.8) is 0 Å². The summed E-state index contributed by atoms with van der Waals surface area (Å²) in [4.78, 5) is 0. The highest BCUT2D eigenvalue weighted by Gasteiger charge is 2.36. The Kier molecular flexibility index (Phi) is 3.88. The van der Waals surface area contributed by atoms with Gasteiger partial charge in [0.15, 0.2) is 11.5 Å². The van der Waals surface area contributed by atoms with Gasteiger partial charge in [-0.2, -0.15) is 0 Å². The average molecular weight is 275 g/mol. The third-order valence-corrected chi connectivity index (χ3v) is 4.71. The Balaban J connectivity index is 1.82. The molecule has 0 aliphatic carbocycles. The van der Waals surface area contributed by atoms with Crippen molar-refractivity contribution >= 4 is 0 Å². The van der Waals surface area contributed by atoms with Crippen LogP contribution in [0.25, 0.3) is 0 Å². The highest BCUT2D eigenvalue weighted by atomic mass is 16.5. The van der Waals surface area contributed by atoms with Crippen LogP contribution >= 0.6 is 0 Å². The van der Waals surface area contributed by atoms with Crippen LogP contribution in [0.5, 0.6) is 11.5 Å². The normalized spacial score (nSPS) is 25.8. The van der Waals surface area contributed by atoms with Crippen LogP contribution in [-0.2, 0) is 6.42 Å². The summed E-state index contributed by atoms with van der Waals surface area (Å²) in [5, 5.41) is 3.74. The van der Waals surface area contributed by atoms with Gasteiger partial charge in [-0.3, -0.25) is 0 Å². The van der Waals surface area contributed by atoms with Gasteiger partial charge in [0.1, 0.15) is 0 Å². The molecule has 1 fully saturated rings. The lowest BCUT2D eigenvalue weighted by molar-refractivity contribution is 0.268. The third kappa shape index (κ3) is 2.64. The van der Waals surface area contributed by atoms with E-state index < -0.39 is 0 Å². The van der Waals surface area contributed by atoms with Gasteiger partial charge in [-0.15, -0.1) is 0 Å². The molecule has 0 radical (unpaired) electrons. The summed E-state index contributed by atoms with van der Waals surface area (Å²) in [5.74, 6) is 2.45. The fraction of sp³-hybridized carbons (Fsp3) is 0.647. The van der Waals surface area contributed by atoms with Gasteiger partial charge in [0.2, 0.25) is 0 Å². The maximum Gasteiger partial charge on any atom is 0.161 e. The average Bonchev–Trinajstić information content (AvgIpc) is 2.78. The Morgan fingerprint density at radius 1 is 1.15 bits per heavy atom. The Morgan fingerprint density at radius 3 is 2.65 bits per heavy atom. The Bertz CT molecular complexity index is 464. The minimum absolute atomic E-state index is 0.250. The molecule has 2 heterocycles. The number of ether oxygens (including phenoxy) is 2. The SMILES string of the molecule is CC(C)C1(Cc2ccc3c(c2)OCCCO3)CCCN1. The van der Waals surface area contributed by atoms with Gasteiger partial charge in [-0.25, -0.2) is 0 Å². The smallest absolute Gasteiger partial charge is 0.161 e. The van der Waals surface area contributed by atoms with E-state index in [1.54, 1.807) is 0 Å². The van der Waals surface area contributed by atoms with Gasteiger partial charge in [0.25, 0.3) is 0 Å². The molecule has 0 spiro atoms. The second-order valence-electron chi connectivity index (χ2n) is 6.35. The zero-order valence-electron chi connectivity index (χ0n) is 12.6. The Hall–Kier alpha value is -1.22. The Labute approximate surface area is 121 Å². The van der Waals surface area contributed by atoms with Gasteiger partial charge in [-0.1, -0.05) is 19.9 Å². The van der Waals surface area contributed by atoms with Crippen molar-refractivity contribution in [2.45, 2.75) is 45.1 Å². The third-order valence-electron chi connectivity index (χ3n) is 4.71. The van der Waals surface area contributed by atoms with Crippen molar-refractivity contribution in [1.82, 2.24) is 5.32 Å². The fourth-order valence-corrected chi connectivity index (χ4v) is 3.36. The Morgan fingerprint density at radius 2 is 1.95 bits per heavy atom. The van der Waals surface area contributed by atoms with Crippen molar-refractivity contribution < 1.29 is 9.47 Å². The molecule has 0 amide bonds. The molecule has 3 nitrogen and oxygen atoms in total. The van der Waals surface area contributed by atoms with Crippen molar-refractivity contribution in [2.24, 2.45) is 5.92 Å². The van der Waals surface area contributed by atoms with E-state index in [9.17, 15) is 0 Å². The quantitative estimate of drug-likeness (QED) is 0.919. The number of hydrogen-bond acceptors (Lipinski definition) is 3. The van der Waals surface area contributed by atoms with Crippen molar-refractivity contribution in [3.8, 4) is 11.5 Å². The van der Waals surface area contributed by atoms with Crippen LogP contribution < -0.4 is 14.8 Å². The first-order chi connectivity index (χ1) is 9.70. The van der Waals surface area contributed by atoms with Crippen LogP contribution in [0.3, 0.4) is 0 Å². The van der Waals surface area contributed by atoms with Crippen molar-refractivity contribution in [2.75, 3.05) is 19.8 Å². The summed E-state index contributed by atoms with van der Waals surface area (Å²) in [6.45, 7) is 7.29. The monoisotopic (exact) mass is 275 g/mol. The predicted octanol–water partition coefficient (Wildman–Crippen LogP) is 3.17. The topological polar surface area (TPSA) is 30.5 Å². The molecule has 0 aromatic heterocycles. The number of nitrogens with one attached hydrogen (secondary N) is 1. The molecule has 1 aromatic rings. The molecule has 20 heavy (non-hydrogen) atoms. The summed E-state index contributed by atoms with van der Waals surface area (Å²) < 4.78 is 11.5. The molecule has 3 rings (SSSR count). The van der Waals surface area contributed by atoms with Gasteiger partial charge in [-0.05, 0) is 49.4 Å². The second kappa shape index (κ2) is 5.65. The zero-order chi connectivity index (χ0) is 14.0. The summed E-state index contributed by atoms with van der Waals surface area (Å²) >= 11 is 0. The molecule has 0 bridgehead atoms. The van der Waals surface area contributed by atoms with Gasteiger partial charge in [0.05, 0.1) is 13.2 Å². The minimum atomic E-state index is 0.250. The summed E-state index contributed by atoms with van der Waals surface area (Å²) in [7, 11) is 0. The van der Waals surface area contributed by atoms with E-state index in [0.717, 1.165) is 44.1 Å². The van der Waals surface area contributed by atoms with E-state index in [1.165, 1.54) is 18.4 Å². The molecule has 110 valence electrons. The molecular weight excluding hydrogens is 250 g/mol. The zero-order valence-corrected chi connectivity index (χ0v) is 12.6. The van der Waals surface area contributed by atoms with E-state index in [4.69, 9.17) is 9.47 Å². The van der Waals surface area contributed by atoms with E-state index in [-0.39, 0.29) is 5.54 Å². The molecule has 2 aliphatic heterocycles. The first kappa shape index (κ1) is 13.7. The molecule has 1 aromatic carbocycles. The molecule has 1 N–H and O–H groups in total. The van der Waals surface area contributed by atoms with Crippen LogP contribution in [0.15, 0.2) is 18.2 Å². The number of hydrogen-bond donors (Lipinski definition) is 1. The summed E-state index contributed by atoms with van der Waals surface area (Å²) in [5.41, 5.74) is 1.59. The molecular formula is C17H25NO2. The molecule has 3 heteroatoms. The number of benzene rings is 1. The summed E-state index contributed by atoms with van der Waals surface area (Å²) in [6, 6.07) is 6.43. The minimum Gasteiger partial charge on any atom is -0.490 e. The molecule has 2 aliphatic rings. The fourth-order valence-electron chi connectivity index (χ4n) is 3.36. The molecule has 0 saturated carbocycles. The van der Waals surface area contributed by atoms with Gasteiger partial charge < -0.3 is 14.8 Å². The lowest BCUT2D eigenvalue weighted by atomic mass is 9.80. The van der Waals surface area contributed by atoms with Crippen LogP contribution in [0.1, 0.15) is 38.7 Å². The molecule has 1 unspecified atom stereocenters. The van der Waals surface area contributed by atoms with Crippen LogP contribution in [0.4, 0.5) is 0 Å². The highest BCUT2D eigenvalue weighted by Crippen LogP contribution is 2.35. The second-order valence-corrected chi connectivity index (χ2v) is 6.35. The standard InChI is InChI=1S/C17H25NO2/c1-13(2)17(7-3-8-18-17)12-14-5-6-15-16(11-14)20-10-4-9-19-15/h5-6,11,13,18H,3-4,7-10,12H2,1-2H3. The number of rotatable bonds is 3. The maximum atomic E-state index is 5.80. The van der Waals surface area contributed by atoms with Crippen molar-refractivity contribution in [3.05, 3.63) is 23.8 Å². The largest absolute Gasteiger partial charge is 0.490 e. The van der Waals surface area contributed by atoms with E-state index in [0.29, 0.717) is 5.92 Å². The van der Waals surface area contributed by atoms with E-state index in [2.05, 4.69) is 37.4 Å². The first-order valence-electron chi connectivity index (χ1n) is 7.83. The number of fused-ring (bicyclic) bond motifs is 1. The van der Waals surface area contributed by atoms with Crippen LogP contribution in [0.2, 0.25) is 0 Å². The van der Waals surface area contributed by atoms with E-state index in [1.807, 2.05) is 0 Å². The predicted molar refractivity (Wildman–Crippen MR) is 80.6 cm³/mol. The molecule has 1 saturated heterocycles.